The van der Waals surface area contributed by atoms with E-state index in [1.165, 1.54) is 0 Å². The minimum Gasteiger partial charge on any atom is -0.465 e. The lowest BCUT2D eigenvalue weighted by molar-refractivity contribution is -0.158. The first-order valence-electron chi connectivity index (χ1n) is 9.80. The molecule has 0 bridgehead atoms. The molecule has 0 aromatic heterocycles. The molecule has 2 heterocycles. The Balaban J connectivity index is 1.66. The van der Waals surface area contributed by atoms with Crippen molar-refractivity contribution in [1.29, 1.82) is 0 Å². The summed E-state index contributed by atoms with van der Waals surface area (Å²) in [6.45, 7) is 11.6. The zero-order valence-corrected chi connectivity index (χ0v) is 16.7. The van der Waals surface area contributed by atoms with Gasteiger partial charge in [0.25, 0.3) is 0 Å². The standard InChI is InChI=1S/C19H34N2O5/c1-5-24-17(22)14-20-10-6-15(7-11-20)16-8-12-21(13-9-16)26-18(23)25-19(2,3)4/h15-16H,5-14H2,1-4H3. The molecule has 0 N–H and O–H groups in total. The van der Waals surface area contributed by atoms with Crippen LogP contribution in [0, 0.1) is 11.8 Å². The maximum absolute atomic E-state index is 11.8. The van der Waals surface area contributed by atoms with E-state index >= 15 is 0 Å². The van der Waals surface area contributed by atoms with E-state index < -0.39 is 11.8 Å². The molecule has 0 unspecified atom stereocenters. The molecule has 0 aliphatic carbocycles. The molecule has 0 spiro atoms. The summed E-state index contributed by atoms with van der Waals surface area (Å²) in [5.74, 6) is 1.23. The van der Waals surface area contributed by atoms with Crippen LogP contribution in [0.15, 0.2) is 0 Å². The Kier molecular flexibility index (Phi) is 7.70. The molecule has 0 aromatic carbocycles. The van der Waals surface area contributed by atoms with Crippen molar-refractivity contribution in [2.45, 2.75) is 59.0 Å². The number of nitrogens with zero attached hydrogens (tertiary/aromatic N) is 2. The van der Waals surface area contributed by atoms with Crippen molar-refractivity contribution in [2.75, 3.05) is 39.3 Å². The third kappa shape index (κ3) is 7.11. The van der Waals surface area contributed by atoms with Crippen LogP contribution >= 0.6 is 0 Å². The number of rotatable bonds is 5. The van der Waals surface area contributed by atoms with Crippen LogP contribution < -0.4 is 0 Å². The van der Waals surface area contributed by atoms with E-state index in [1.54, 1.807) is 5.06 Å². The van der Waals surface area contributed by atoms with Crippen LogP contribution in [0.5, 0.6) is 0 Å². The molecule has 0 amide bonds. The molecular weight excluding hydrogens is 336 g/mol. The average Bonchev–Trinajstić information content (AvgIpc) is 2.55. The van der Waals surface area contributed by atoms with E-state index in [1.807, 2.05) is 27.7 Å². The normalized spacial score (nSPS) is 21.4. The van der Waals surface area contributed by atoms with Gasteiger partial charge in [0.1, 0.15) is 5.60 Å². The van der Waals surface area contributed by atoms with Crippen molar-refractivity contribution in [2.24, 2.45) is 11.8 Å². The van der Waals surface area contributed by atoms with Crippen molar-refractivity contribution in [3.05, 3.63) is 0 Å². The Bertz CT molecular complexity index is 461. The predicted molar refractivity (Wildman–Crippen MR) is 97.4 cm³/mol. The van der Waals surface area contributed by atoms with Crippen molar-refractivity contribution < 1.29 is 23.9 Å². The molecule has 2 aliphatic heterocycles. The Hall–Kier alpha value is -1.34. The van der Waals surface area contributed by atoms with E-state index in [2.05, 4.69) is 4.90 Å². The lowest BCUT2D eigenvalue weighted by Crippen LogP contribution is -2.43. The van der Waals surface area contributed by atoms with Gasteiger partial charge in [0.15, 0.2) is 0 Å². The Morgan fingerprint density at radius 3 is 2.00 bits per heavy atom. The maximum Gasteiger partial charge on any atom is 0.528 e. The van der Waals surface area contributed by atoms with Gasteiger partial charge in [-0.25, -0.2) is 4.79 Å². The summed E-state index contributed by atoms with van der Waals surface area (Å²) in [5, 5.41) is 1.72. The molecule has 0 aromatic rings. The number of hydrogen-bond donors (Lipinski definition) is 0. The van der Waals surface area contributed by atoms with Crippen LogP contribution in [0.4, 0.5) is 4.79 Å². The summed E-state index contributed by atoms with van der Waals surface area (Å²) in [6.07, 6.45) is 3.69. The highest BCUT2D eigenvalue weighted by atomic mass is 16.8. The van der Waals surface area contributed by atoms with E-state index in [-0.39, 0.29) is 5.97 Å². The average molecular weight is 370 g/mol. The van der Waals surface area contributed by atoms with E-state index in [9.17, 15) is 9.59 Å². The van der Waals surface area contributed by atoms with Gasteiger partial charge < -0.3 is 14.3 Å². The minimum atomic E-state index is -0.622. The number of carbonyl (C=O) groups excluding carboxylic acids is 2. The Morgan fingerprint density at radius 1 is 0.962 bits per heavy atom. The van der Waals surface area contributed by atoms with Gasteiger partial charge in [-0.05, 0) is 78.3 Å². The molecule has 7 nitrogen and oxygen atoms in total. The van der Waals surface area contributed by atoms with Crippen LogP contribution in [0.1, 0.15) is 53.4 Å². The highest BCUT2D eigenvalue weighted by molar-refractivity contribution is 5.71. The number of hydroxylamine groups is 2. The molecule has 2 fully saturated rings. The zero-order valence-electron chi connectivity index (χ0n) is 16.7. The van der Waals surface area contributed by atoms with E-state index in [0.29, 0.717) is 25.0 Å². The maximum atomic E-state index is 11.8. The zero-order chi connectivity index (χ0) is 19.2. The fraction of sp³-hybridized carbons (Fsp3) is 0.895. The van der Waals surface area contributed by atoms with Gasteiger partial charge >= 0.3 is 12.1 Å². The lowest BCUT2D eigenvalue weighted by Gasteiger charge is -2.39. The minimum absolute atomic E-state index is 0.126. The second-order valence-electron chi connectivity index (χ2n) is 8.24. The van der Waals surface area contributed by atoms with Gasteiger partial charge in [0.05, 0.1) is 13.2 Å². The lowest BCUT2D eigenvalue weighted by atomic mass is 9.79. The Morgan fingerprint density at radius 2 is 1.50 bits per heavy atom. The largest absolute Gasteiger partial charge is 0.528 e. The molecular formula is C19H34N2O5. The topological polar surface area (TPSA) is 68.3 Å². The van der Waals surface area contributed by atoms with Crippen molar-refractivity contribution in [3.63, 3.8) is 0 Å². The number of ether oxygens (including phenoxy) is 2. The number of carbonyl (C=O) groups is 2. The first kappa shape index (κ1) is 21.0. The number of piperidine rings is 2. The molecule has 0 atom stereocenters. The van der Waals surface area contributed by atoms with E-state index in [4.69, 9.17) is 14.3 Å². The van der Waals surface area contributed by atoms with Gasteiger partial charge in [0, 0.05) is 13.1 Å². The van der Waals surface area contributed by atoms with E-state index in [0.717, 1.165) is 51.9 Å². The quantitative estimate of drug-likeness (QED) is 0.689. The molecule has 2 saturated heterocycles. The first-order chi connectivity index (χ1) is 12.3. The van der Waals surface area contributed by atoms with Crippen LogP contribution in [0.2, 0.25) is 0 Å². The van der Waals surface area contributed by atoms with Crippen molar-refractivity contribution in [3.8, 4) is 0 Å². The monoisotopic (exact) mass is 370 g/mol. The van der Waals surface area contributed by atoms with Gasteiger partial charge in [-0.2, -0.15) is 0 Å². The fourth-order valence-electron chi connectivity index (χ4n) is 3.78. The predicted octanol–water partition coefficient (Wildman–Crippen LogP) is 2.84. The van der Waals surface area contributed by atoms with Gasteiger partial charge in [-0.1, -0.05) is 0 Å². The third-order valence-corrected chi connectivity index (χ3v) is 5.05. The highest BCUT2D eigenvalue weighted by Crippen LogP contribution is 2.32. The van der Waals surface area contributed by atoms with Crippen molar-refractivity contribution >= 4 is 12.1 Å². The molecule has 26 heavy (non-hydrogen) atoms. The van der Waals surface area contributed by atoms with Crippen LogP contribution in [0.3, 0.4) is 0 Å². The molecule has 150 valence electrons. The summed E-state index contributed by atoms with van der Waals surface area (Å²) < 4.78 is 10.2. The SMILES string of the molecule is CCOC(=O)CN1CCC(C2CCN(OC(=O)OC(C)(C)C)CC2)CC1. The second-order valence-corrected chi connectivity index (χ2v) is 8.24. The first-order valence-corrected chi connectivity index (χ1v) is 9.80. The molecule has 0 saturated carbocycles. The molecule has 2 rings (SSSR count). The summed E-state index contributed by atoms with van der Waals surface area (Å²) in [5.41, 5.74) is -0.535. The number of likely N-dealkylation sites (tertiary alicyclic amines) is 1. The summed E-state index contributed by atoms with van der Waals surface area (Å²) in [4.78, 5) is 30.8. The number of esters is 1. The Labute approximate surface area is 156 Å². The smallest absolute Gasteiger partial charge is 0.465 e. The molecule has 7 heteroatoms. The van der Waals surface area contributed by atoms with Crippen LogP contribution in [-0.4, -0.2) is 67.0 Å². The van der Waals surface area contributed by atoms with Crippen LogP contribution in [-0.2, 0) is 19.1 Å². The fourth-order valence-corrected chi connectivity index (χ4v) is 3.78. The number of hydrogen-bond acceptors (Lipinski definition) is 7. The van der Waals surface area contributed by atoms with Gasteiger partial charge in [-0.15, -0.1) is 5.06 Å². The summed E-state index contributed by atoms with van der Waals surface area (Å²) in [7, 11) is 0. The highest BCUT2D eigenvalue weighted by Gasteiger charge is 2.31. The summed E-state index contributed by atoms with van der Waals surface area (Å²) >= 11 is 0. The molecule has 0 radical (unpaired) electrons. The van der Waals surface area contributed by atoms with Gasteiger partial charge in [0.2, 0.25) is 0 Å². The third-order valence-electron chi connectivity index (χ3n) is 5.05. The molecule has 2 aliphatic rings. The van der Waals surface area contributed by atoms with Gasteiger partial charge in [-0.3, -0.25) is 9.69 Å². The summed E-state index contributed by atoms with van der Waals surface area (Å²) in [6, 6.07) is 0. The van der Waals surface area contributed by atoms with Crippen molar-refractivity contribution in [1.82, 2.24) is 9.96 Å². The van der Waals surface area contributed by atoms with Crippen LogP contribution in [0.25, 0.3) is 0 Å². The second kappa shape index (κ2) is 9.55.